The number of nitrogens with zero attached hydrogens (tertiary/aromatic N) is 3. The van der Waals surface area contributed by atoms with Crippen molar-refractivity contribution in [2.75, 3.05) is 18.5 Å². The number of anilines is 1. The molecule has 1 aromatic carbocycles. The molecule has 1 saturated heterocycles. The lowest BCUT2D eigenvalue weighted by molar-refractivity contribution is 0.0903. The molecule has 1 amide bonds. The monoisotopic (exact) mass is 435 g/mol. The first kappa shape index (κ1) is 22.3. The Bertz CT molecular complexity index is 1100. The van der Waals surface area contributed by atoms with Gasteiger partial charge in [-0.15, -0.1) is 0 Å². The maximum Gasteiger partial charge on any atom is 0.255 e. The van der Waals surface area contributed by atoms with E-state index in [1.165, 1.54) is 11.1 Å². The number of aromatic nitrogens is 3. The normalized spacial score (nSPS) is 15.6. The second-order valence-electron chi connectivity index (χ2n) is 8.57. The second kappa shape index (κ2) is 9.69. The summed E-state index contributed by atoms with van der Waals surface area (Å²) in [6, 6.07) is 6.57. The maximum absolute atomic E-state index is 13.5. The van der Waals surface area contributed by atoms with E-state index >= 15 is 0 Å². The number of benzene rings is 1. The molecule has 32 heavy (non-hydrogen) atoms. The van der Waals surface area contributed by atoms with Gasteiger partial charge in [0, 0.05) is 32.0 Å². The zero-order valence-corrected chi connectivity index (χ0v) is 19.4. The van der Waals surface area contributed by atoms with Crippen molar-refractivity contribution in [2.45, 2.75) is 65.6 Å². The molecule has 170 valence electrons. The molecule has 0 aliphatic carbocycles. The number of rotatable bonds is 7. The Kier molecular flexibility index (Phi) is 6.74. The van der Waals surface area contributed by atoms with E-state index in [1.807, 2.05) is 17.8 Å². The van der Waals surface area contributed by atoms with E-state index in [0.717, 1.165) is 61.3 Å². The van der Waals surface area contributed by atoms with Gasteiger partial charge in [-0.05, 0) is 51.2 Å². The van der Waals surface area contributed by atoms with Gasteiger partial charge in [0.25, 0.3) is 5.91 Å². The Labute approximate surface area is 189 Å². The molecule has 3 heterocycles. The van der Waals surface area contributed by atoms with Gasteiger partial charge in [0.15, 0.2) is 5.65 Å². The SMILES string of the molecule is CC[C@H](NC(=O)c1cnc2c(cnn2CC)c1NC1CCOCC1)c1ccc(C)cc1C. The van der Waals surface area contributed by atoms with E-state index < -0.39 is 0 Å². The molecule has 1 aliphatic heterocycles. The minimum absolute atomic E-state index is 0.0620. The molecule has 1 aliphatic rings. The smallest absolute Gasteiger partial charge is 0.255 e. The highest BCUT2D eigenvalue weighted by Crippen LogP contribution is 2.29. The first-order chi connectivity index (χ1) is 15.5. The Morgan fingerprint density at radius 3 is 2.69 bits per heavy atom. The van der Waals surface area contributed by atoms with Crippen LogP contribution in [-0.4, -0.2) is 39.9 Å². The van der Waals surface area contributed by atoms with Crippen molar-refractivity contribution in [3.8, 4) is 0 Å². The summed E-state index contributed by atoms with van der Waals surface area (Å²) < 4.78 is 7.37. The summed E-state index contributed by atoms with van der Waals surface area (Å²) in [6.07, 6.45) is 6.12. The molecule has 0 bridgehead atoms. The van der Waals surface area contributed by atoms with Crippen LogP contribution in [0.3, 0.4) is 0 Å². The number of nitrogens with one attached hydrogen (secondary N) is 2. The Morgan fingerprint density at radius 1 is 1.22 bits per heavy atom. The molecular formula is C25H33N5O2. The summed E-state index contributed by atoms with van der Waals surface area (Å²) in [4.78, 5) is 18.1. The fraction of sp³-hybridized carbons (Fsp3) is 0.480. The van der Waals surface area contributed by atoms with Crippen LogP contribution in [0.1, 0.15) is 66.2 Å². The highest BCUT2D eigenvalue weighted by Gasteiger charge is 2.24. The summed E-state index contributed by atoms with van der Waals surface area (Å²) in [5.41, 5.74) is 5.73. The quantitative estimate of drug-likeness (QED) is 0.569. The van der Waals surface area contributed by atoms with Crippen molar-refractivity contribution in [1.82, 2.24) is 20.1 Å². The van der Waals surface area contributed by atoms with Gasteiger partial charge in [0.2, 0.25) is 0 Å². The van der Waals surface area contributed by atoms with Crippen LogP contribution in [0.25, 0.3) is 11.0 Å². The first-order valence-electron chi connectivity index (χ1n) is 11.6. The number of amides is 1. The standard InChI is InChI=1S/C25H33N5O2/c1-5-22(19-8-7-16(3)13-17(19)4)29-25(31)21-14-26-24-20(15-27-30(24)6-2)23(21)28-18-9-11-32-12-10-18/h7-8,13-15,18,22H,5-6,9-12H2,1-4H3,(H,26,28)(H,29,31)/t22-/m0/s1. The molecule has 0 saturated carbocycles. The van der Waals surface area contributed by atoms with E-state index in [4.69, 9.17) is 4.74 Å². The van der Waals surface area contributed by atoms with Crippen molar-refractivity contribution in [3.05, 3.63) is 52.8 Å². The average Bonchev–Trinajstić information content (AvgIpc) is 3.22. The highest BCUT2D eigenvalue weighted by molar-refractivity contribution is 6.06. The van der Waals surface area contributed by atoms with Gasteiger partial charge < -0.3 is 15.4 Å². The molecule has 3 aromatic rings. The fourth-order valence-corrected chi connectivity index (χ4v) is 4.48. The molecule has 0 spiro atoms. The lowest BCUT2D eigenvalue weighted by atomic mass is 9.97. The highest BCUT2D eigenvalue weighted by atomic mass is 16.5. The average molecular weight is 436 g/mol. The Morgan fingerprint density at radius 2 is 2.00 bits per heavy atom. The van der Waals surface area contributed by atoms with E-state index in [9.17, 15) is 4.79 Å². The van der Waals surface area contributed by atoms with E-state index in [-0.39, 0.29) is 18.0 Å². The molecule has 2 N–H and O–H groups in total. The number of pyridine rings is 1. The Hall–Kier alpha value is -2.93. The molecular weight excluding hydrogens is 402 g/mol. The molecule has 1 fully saturated rings. The number of carbonyl (C=O) groups is 1. The number of hydrogen-bond donors (Lipinski definition) is 2. The lowest BCUT2D eigenvalue weighted by Gasteiger charge is -2.26. The van der Waals surface area contributed by atoms with Crippen LogP contribution in [0.4, 0.5) is 5.69 Å². The fourth-order valence-electron chi connectivity index (χ4n) is 4.48. The maximum atomic E-state index is 13.5. The Balaban J connectivity index is 1.68. The van der Waals surface area contributed by atoms with Crippen LogP contribution in [0.15, 0.2) is 30.6 Å². The van der Waals surface area contributed by atoms with Crippen molar-refractivity contribution >= 4 is 22.6 Å². The summed E-state index contributed by atoms with van der Waals surface area (Å²) in [5.74, 6) is -0.120. The predicted molar refractivity (Wildman–Crippen MR) is 127 cm³/mol. The number of aryl methyl sites for hydroxylation is 3. The van der Waals surface area contributed by atoms with Crippen LogP contribution in [0.2, 0.25) is 0 Å². The van der Waals surface area contributed by atoms with Crippen LogP contribution >= 0.6 is 0 Å². The van der Waals surface area contributed by atoms with Crippen molar-refractivity contribution < 1.29 is 9.53 Å². The van der Waals surface area contributed by atoms with Crippen molar-refractivity contribution in [1.29, 1.82) is 0 Å². The van der Waals surface area contributed by atoms with Gasteiger partial charge in [-0.25, -0.2) is 9.67 Å². The van der Waals surface area contributed by atoms with Gasteiger partial charge in [-0.3, -0.25) is 4.79 Å². The molecule has 0 radical (unpaired) electrons. The molecule has 2 aromatic heterocycles. The third-order valence-corrected chi connectivity index (χ3v) is 6.29. The lowest BCUT2D eigenvalue weighted by Crippen LogP contribution is -2.32. The third kappa shape index (κ3) is 4.48. The van der Waals surface area contributed by atoms with E-state index in [1.54, 1.807) is 6.20 Å². The third-order valence-electron chi connectivity index (χ3n) is 6.29. The summed E-state index contributed by atoms with van der Waals surface area (Å²) in [5, 5.41) is 12.2. The topological polar surface area (TPSA) is 81.1 Å². The summed E-state index contributed by atoms with van der Waals surface area (Å²) in [6.45, 7) is 10.5. The summed E-state index contributed by atoms with van der Waals surface area (Å²) >= 11 is 0. The molecule has 0 unspecified atom stereocenters. The van der Waals surface area contributed by atoms with Gasteiger partial charge in [-0.2, -0.15) is 5.10 Å². The van der Waals surface area contributed by atoms with Crippen LogP contribution in [0, 0.1) is 13.8 Å². The summed E-state index contributed by atoms with van der Waals surface area (Å²) in [7, 11) is 0. The van der Waals surface area contributed by atoms with Crippen molar-refractivity contribution in [2.24, 2.45) is 0 Å². The minimum atomic E-state index is -0.120. The van der Waals surface area contributed by atoms with Gasteiger partial charge in [-0.1, -0.05) is 30.7 Å². The second-order valence-corrected chi connectivity index (χ2v) is 8.57. The zero-order chi connectivity index (χ0) is 22.7. The first-order valence-corrected chi connectivity index (χ1v) is 11.6. The molecule has 1 atom stereocenters. The molecule has 7 heteroatoms. The predicted octanol–water partition coefficient (Wildman–Crippen LogP) is 4.54. The largest absolute Gasteiger partial charge is 0.381 e. The van der Waals surface area contributed by atoms with E-state index in [0.29, 0.717) is 5.56 Å². The number of fused-ring (bicyclic) bond motifs is 1. The molecule has 4 rings (SSSR count). The number of carbonyl (C=O) groups excluding carboxylic acids is 1. The van der Waals surface area contributed by atoms with Crippen LogP contribution in [0.5, 0.6) is 0 Å². The molecule has 7 nitrogen and oxygen atoms in total. The van der Waals surface area contributed by atoms with Crippen LogP contribution < -0.4 is 10.6 Å². The van der Waals surface area contributed by atoms with Gasteiger partial charge >= 0.3 is 0 Å². The zero-order valence-electron chi connectivity index (χ0n) is 19.4. The number of hydrogen-bond acceptors (Lipinski definition) is 5. The van der Waals surface area contributed by atoms with E-state index in [2.05, 4.69) is 59.7 Å². The van der Waals surface area contributed by atoms with Crippen molar-refractivity contribution in [3.63, 3.8) is 0 Å². The number of ether oxygens (including phenoxy) is 1. The van der Waals surface area contributed by atoms with Gasteiger partial charge in [0.1, 0.15) is 0 Å². The minimum Gasteiger partial charge on any atom is -0.381 e. The van der Waals surface area contributed by atoms with Gasteiger partial charge in [0.05, 0.1) is 28.9 Å². The van der Waals surface area contributed by atoms with Crippen LogP contribution in [-0.2, 0) is 11.3 Å².